The summed E-state index contributed by atoms with van der Waals surface area (Å²) in [4.78, 5) is 0. The highest BCUT2D eigenvalue weighted by Crippen LogP contribution is 2.10. The zero-order chi connectivity index (χ0) is 5.98. The Hall–Kier alpha value is -0.720. The molecule has 0 spiro atoms. The summed E-state index contributed by atoms with van der Waals surface area (Å²) in [6.07, 6.45) is 5.84. The van der Waals surface area contributed by atoms with Gasteiger partial charge in [0.25, 0.3) is 0 Å². The molecule has 43 valence electrons. The molecule has 1 aliphatic heterocycles. The molecule has 0 atom stereocenters. The first-order chi connectivity index (χ1) is 3.80. The zero-order valence-electron chi connectivity index (χ0n) is 5.26. The van der Waals surface area contributed by atoms with Crippen molar-refractivity contribution in [2.75, 3.05) is 0 Å². The van der Waals surface area contributed by atoms with E-state index >= 15 is 0 Å². The summed E-state index contributed by atoms with van der Waals surface area (Å²) in [6, 6.07) is 0. The molecule has 0 aliphatic carbocycles. The van der Waals surface area contributed by atoms with Gasteiger partial charge >= 0.3 is 0 Å². The van der Waals surface area contributed by atoms with E-state index in [1.807, 2.05) is 18.4 Å². The monoisotopic (exact) mass is 108 g/mol. The Morgan fingerprint density at radius 3 is 2.50 bits per heavy atom. The lowest BCUT2D eigenvalue weighted by atomic mass is 10.1. The average molecular weight is 108 g/mol. The molecule has 0 saturated heterocycles. The summed E-state index contributed by atoms with van der Waals surface area (Å²) in [5.41, 5.74) is 1.19. The molecule has 0 aromatic heterocycles. The van der Waals surface area contributed by atoms with Crippen LogP contribution in [0.1, 0.15) is 13.8 Å². The summed E-state index contributed by atoms with van der Waals surface area (Å²) in [7, 11) is 0. The first-order valence-electron chi connectivity index (χ1n) is 2.88. The number of hydrogen-bond donors (Lipinski definition) is 0. The predicted octanol–water partition coefficient (Wildman–Crippen LogP) is 1.66. The van der Waals surface area contributed by atoms with E-state index in [9.17, 15) is 0 Å². The molecule has 1 heteroatoms. The molecular weight excluding hydrogens is 98.1 g/mol. The minimum absolute atomic E-state index is 0.574. The van der Waals surface area contributed by atoms with Gasteiger partial charge in [-0.2, -0.15) is 0 Å². The second-order valence-corrected chi connectivity index (χ2v) is 2.22. The van der Waals surface area contributed by atoms with Crippen LogP contribution in [0.25, 0.3) is 0 Å². The van der Waals surface area contributed by atoms with Crippen LogP contribution < -0.4 is 5.32 Å². The molecular formula is C7H10N. The molecule has 1 radical (unpaired) electrons. The van der Waals surface area contributed by atoms with E-state index in [1.54, 1.807) is 0 Å². The van der Waals surface area contributed by atoms with Crippen molar-refractivity contribution in [1.29, 1.82) is 0 Å². The smallest absolute Gasteiger partial charge is 0.0429 e. The Balaban J connectivity index is 2.51. The highest BCUT2D eigenvalue weighted by molar-refractivity contribution is 5.20. The number of nitrogens with zero attached hydrogens (tertiary/aromatic N) is 1. The second-order valence-electron chi connectivity index (χ2n) is 2.22. The van der Waals surface area contributed by atoms with Crippen LogP contribution in [0.5, 0.6) is 0 Å². The Labute approximate surface area is 50.1 Å². The van der Waals surface area contributed by atoms with Gasteiger partial charge in [0.1, 0.15) is 0 Å². The molecule has 0 amide bonds. The van der Waals surface area contributed by atoms with Gasteiger partial charge in [-0.05, 0) is 18.1 Å². The SMILES string of the molecule is CC(C)C1=CC=C[N]1. The second kappa shape index (κ2) is 2.03. The van der Waals surface area contributed by atoms with Gasteiger partial charge in [0.15, 0.2) is 0 Å². The maximum atomic E-state index is 4.12. The third-order valence-electron chi connectivity index (χ3n) is 1.17. The highest BCUT2D eigenvalue weighted by Gasteiger charge is 2.03. The fourth-order valence-corrected chi connectivity index (χ4v) is 0.655. The Morgan fingerprint density at radius 1 is 1.50 bits per heavy atom. The van der Waals surface area contributed by atoms with Crippen LogP contribution in [0, 0.1) is 5.92 Å². The van der Waals surface area contributed by atoms with Gasteiger partial charge in [-0.1, -0.05) is 13.8 Å². The summed E-state index contributed by atoms with van der Waals surface area (Å²) < 4.78 is 0. The van der Waals surface area contributed by atoms with E-state index in [-0.39, 0.29) is 0 Å². The van der Waals surface area contributed by atoms with Crippen LogP contribution >= 0.6 is 0 Å². The predicted molar refractivity (Wildman–Crippen MR) is 34.2 cm³/mol. The van der Waals surface area contributed by atoms with Gasteiger partial charge < -0.3 is 0 Å². The normalized spacial score (nSPS) is 16.6. The van der Waals surface area contributed by atoms with Gasteiger partial charge in [0.2, 0.25) is 0 Å². The van der Waals surface area contributed by atoms with Crippen molar-refractivity contribution in [3.8, 4) is 0 Å². The van der Waals surface area contributed by atoms with E-state index in [4.69, 9.17) is 0 Å². The molecule has 0 unspecified atom stereocenters. The minimum atomic E-state index is 0.574. The van der Waals surface area contributed by atoms with Crippen molar-refractivity contribution in [3.05, 3.63) is 24.0 Å². The molecule has 0 aromatic carbocycles. The molecule has 0 bridgehead atoms. The Morgan fingerprint density at radius 2 is 2.25 bits per heavy atom. The highest BCUT2D eigenvalue weighted by atomic mass is 14.9. The molecule has 1 rings (SSSR count). The summed E-state index contributed by atoms with van der Waals surface area (Å²) in [6.45, 7) is 4.28. The fraction of sp³-hybridized carbons (Fsp3) is 0.429. The molecule has 0 N–H and O–H groups in total. The minimum Gasteiger partial charge on any atom is -0.261 e. The average Bonchev–Trinajstić information content (AvgIpc) is 2.12. The zero-order valence-corrected chi connectivity index (χ0v) is 5.26. The number of hydrogen-bond acceptors (Lipinski definition) is 0. The van der Waals surface area contributed by atoms with Gasteiger partial charge in [0.05, 0.1) is 0 Å². The molecule has 0 aromatic rings. The van der Waals surface area contributed by atoms with E-state index in [0.717, 1.165) is 0 Å². The topological polar surface area (TPSA) is 14.1 Å². The quantitative estimate of drug-likeness (QED) is 0.485. The number of allylic oxidation sites excluding steroid dienone is 3. The molecule has 8 heavy (non-hydrogen) atoms. The molecule has 0 fully saturated rings. The van der Waals surface area contributed by atoms with E-state index < -0.39 is 0 Å². The first-order valence-corrected chi connectivity index (χ1v) is 2.88. The third-order valence-corrected chi connectivity index (χ3v) is 1.17. The standard InChI is InChI=1S/C7H10N/c1-6(2)7-4-3-5-8-7/h3-6H,1-2H3. The summed E-state index contributed by atoms with van der Waals surface area (Å²) >= 11 is 0. The van der Waals surface area contributed by atoms with Crippen LogP contribution in [0.2, 0.25) is 0 Å². The van der Waals surface area contributed by atoms with Crippen LogP contribution in [0.3, 0.4) is 0 Å². The Kier molecular flexibility index (Phi) is 1.38. The van der Waals surface area contributed by atoms with E-state index in [1.165, 1.54) is 5.70 Å². The van der Waals surface area contributed by atoms with Crippen LogP contribution in [0.4, 0.5) is 0 Å². The van der Waals surface area contributed by atoms with Crippen LogP contribution in [0.15, 0.2) is 24.0 Å². The largest absolute Gasteiger partial charge is 0.261 e. The van der Waals surface area contributed by atoms with Crippen molar-refractivity contribution in [1.82, 2.24) is 5.32 Å². The van der Waals surface area contributed by atoms with Crippen molar-refractivity contribution in [2.45, 2.75) is 13.8 Å². The lowest BCUT2D eigenvalue weighted by molar-refractivity contribution is 0.717. The third kappa shape index (κ3) is 0.915. The summed E-state index contributed by atoms with van der Waals surface area (Å²) in [5, 5.41) is 4.12. The first kappa shape index (κ1) is 5.42. The molecule has 1 nitrogen and oxygen atoms in total. The lowest BCUT2D eigenvalue weighted by Crippen LogP contribution is -1.99. The maximum Gasteiger partial charge on any atom is 0.0429 e. The van der Waals surface area contributed by atoms with E-state index in [2.05, 4.69) is 19.2 Å². The van der Waals surface area contributed by atoms with Crippen molar-refractivity contribution >= 4 is 0 Å². The van der Waals surface area contributed by atoms with E-state index in [0.29, 0.717) is 5.92 Å². The fourth-order valence-electron chi connectivity index (χ4n) is 0.655. The van der Waals surface area contributed by atoms with Crippen molar-refractivity contribution in [2.24, 2.45) is 5.92 Å². The Bertz CT molecular complexity index is 131. The van der Waals surface area contributed by atoms with Gasteiger partial charge in [-0.25, -0.2) is 0 Å². The molecule has 0 saturated carbocycles. The van der Waals surface area contributed by atoms with Crippen LogP contribution in [-0.2, 0) is 0 Å². The van der Waals surface area contributed by atoms with Crippen molar-refractivity contribution in [3.63, 3.8) is 0 Å². The van der Waals surface area contributed by atoms with Crippen LogP contribution in [-0.4, -0.2) is 0 Å². The number of rotatable bonds is 1. The van der Waals surface area contributed by atoms with Crippen molar-refractivity contribution < 1.29 is 0 Å². The van der Waals surface area contributed by atoms with Gasteiger partial charge in [-0.15, -0.1) is 0 Å². The van der Waals surface area contributed by atoms with Gasteiger partial charge in [-0.3, -0.25) is 5.32 Å². The molecule has 1 heterocycles. The van der Waals surface area contributed by atoms with Gasteiger partial charge in [0, 0.05) is 11.9 Å². The maximum absolute atomic E-state index is 4.12. The molecule has 1 aliphatic rings. The summed E-state index contributed by atoms with van der Waals surface area (Å²) in [5.74, 6) is 0.574. The lowest BCUT2D eigenvalue weighted by Gasteiger charge is -2.01.